The van der Waals surface area contributed by atoms with Crippen LogP contribution in [0.15, 0.2) is 71.9 Å². The average Bonchev–Trinajstić information content (AvgIpc) is 3.12. The number of methoxy groups -OCH3 is 1. The number of hydrogen-bond acceptors (Lipinski definition) is 11. The number of oxime groups is 1. The molecule has 270 valence electrons. The summed E-state index contributed by atoms with van der Waals surface area (Å²) in [6.07, 6.45) is 8.05. The van der Waals surface area contributed by atoms with Gasteiger partial charge in [0.15, 0.2) is 0 Å². The van der Waals surface area contributed by atoms with E-state index in [1.807, 2.05) is 12.1 Å². The van der Waals surface area contributed by atoms with E-state index in [1.165, 1.54) is 31.3 Å². The third kappa shape index (κ3) is 7.35. The third-order valence-corrected chi connectivity index (χ3v) is 10.0. The molecule has 2 aliphatic carbocycles. The smallest absolute Gasteiger partial charge is 0.409 e. The van der Waals surface area contributed by atoms with Gasteiger partial charge in [0.2, 0.25) is 5.79 Å². The first kappa shape index (κ1) is 36.8. The minimum atomic E-state index is -1.39. The molecule has 2 N–H and O–H groups in total. The number of carbonyl (C=O) groups is 1. The van der Waals surface area contributed by atoms with Crippen LogP contribution in [0, 0.1) is 27.9 Å². The van der Waals surface area contributed by atoms with Crippen molar-refractivity contribution in [1.29, 1.82) is 0 Å². The molecular weight excluding hydrogens is 646 g/mol. The van der Waals surface area contributed by atoms with Crippen LogP contribution in [0.4, 0.5) is 10.5 Å². The van der Waals surface area contributed by atoms with Crippen LogP contribution >= 0.6 is 0 Å². The topological polar surface area (TPSA) is 162 Å². The number of nitro groups is 1. The highest BCUT2D eigenvalue weighted by atomic mass is 16.7. The van der Waals surface area contributed by atoms with Crippen LogP contribution in [0.5, 0.6) is 17.2 Å². The lowest BCUT2D eigenvalue weighted by molar-refractivity contribution is -0.384. The van der Waals surface area contributed by atoms with Crippen molar-refractivity contribution in [2.24, 2.45) is 22.9 Å². The number of rotatable bonds is 16. The van der Waals surface area contributed by atoms with Crippen molar-refractivity contribution in [3.63, 3.8) is 0 Å². The molecule has 0 unspecified atom stereocenters. The van der Waals surface area contributed by atoms with E-state index in [0.717, 1.165) is 36.8 Å². The molecule has 0 aromatic heterocycles. The summed E-state index contributed by atoms with van der Waals surface area (Å²) in [6, 6.07) is 10.8. The van der Waals surface area contributed by atoms with E-state index in [1.54, 1.807) is 31.3 Å². The largest absolute Gasteiger partial charge is 0.459 e. The van der Waals surface area contributed by atoms with Gasteiger partial charge >= 0.3 is 6.09 Å². The second kappa shape index (κ2) is 16.5. The van der Waals surface area contributed by atoms with Gasteiger partial charge in [-0.25, -0.2) is 4.79 Å². The molecule has 0 radical (unpaired) electrons. The summed E-state index contributed by atoms with van der Waals surface area (Å²) in [7, 11) is 4.47. The molecular formula is C37H47N3O10. The van der Waals surface area contributed by atoms with E-state index < -0.39 is 28.8 Å². The Hall–Kier alpha value is -4.46. The molecule has 50 heavy (non-hydrogen) atoms. The minimum absolute atomic E-state index is 0.0300. The van der Waals surface area contributed by atoms with Gasteiger partial charge in [-0.2, -0.15) is 0 Å². The Morgan fingerprint density at radius 2 is 1.86 bits per heavy atom. The number of aliphatic hydroxyl groups excluding tert-OH is 2. The number of ether oxygens (including phenoxy) is 4. The molecule has 0 bridgehead atoms. The molecule has 2 aromatic rings. The molecule has 0 spiro atoms. The molecule has 1 heterocycles. The van der Waals surface area contributed by atoms with Crippen LogP contribution < -0.4 is 9.47 Å². The standard InChI is InChI=1S/C37H47N3O10/c1-5-19-48-37-33(39(2)36(43)46-3)23-31(38-47-4)29-20-24(11-6-8-17-41)28(14-7-9-18-42)34(35(29)37)30-22-27(15-16-32(30)50-37)49-26-13-10-12-25(21-26)40(44)45/h5,10,12-13,15-16,20-22,24,28,33-35,41-42H,1,6-9,11,14,17-19,23H2,2-4H3/t24-,28+,33-,34+,35+,37+/m0/s1. The van der Waals surface area contributed by atoms with Gasteiger partial charge in [0.25, 0.3) is 5.69 Å². The van der Waals surface area contributed by atoms with Gasteiger partial charge in [-0.05, 0) is 67.4 Å². The van der Waals surface area contributed by atoms with Gasteiger partial charge in [-0.1, -0.05) is 36.2 Å². The highest BCUT2D eigenvalue weighted by Crippen LogP contribution is 2.62. The summed E-state index contributed by atoms with van der Waals surface area (Å²) in [5.41, 5.74) is 2.34. The van der Waals surface area contributed by atoms with E-state index in [-0.39, 0.29) is 49.7 Å². The van der Waals surface area contributed by atoms with Crippen molar-refractivity contribution < 1.29 is 43.7 Å². The van der Waals surface area contributed by atoms with E-state index in [4.69, 9.17) is 23.8 Å². The summed E-state index contributed by atoms with van der Waals surface area (Å²) in [5.74, 6) is -0.667. The Kier molecular flexibility index (Phi) is 12.1. The zero-order valence-corrected chi connectivity index (χ0v) is 28.9. The van der Waals surface area contributed by atoms with Crippen molar-refractivity contribution in [1.82, 2.24) is 4.90 Å². The number of unbranched alkanes of at least 4 members (excludes halogenated alkanes) is 2. The monoisotopic (exact) mass is 693 g/mol. The third-order valence-electron chi connectivity index (χ3n) is 10.0. The van der Waals surface area contributed by atoms with Gasteiger partial charge in [0.05, 0.1) is 36.3 Å². The fraction of sp³-hybridized carbons (Fsp3) is 0.514. The molecule has 6 atom stereocenters. The van der Waals surface area contributed by atoms with E-state index in [0.29, 0.717) is 35.8 Å². The van der Waals surface area contributed by atoms with Crippen LogP contribution in [0.2, 0.25) is 0 Å². The zero-order chi connectivity index (χ0) is 35.8. The van der Waals surface area contributed by atoms with Gasteiger partial charge in [-0.15, -0.1) is 6.58 Å². The molecule has 0 saturated heterocycles. The highest BCUT2D eigenvalue weighted by Gasteiger charge is 2.65. The Morgan fingerprint density at radius 3 is 2.54 bits per heavy atom. The summed E-state index contributed by atoms with van der Waals surface area (Å²) in [5, 5.41) is 35.4. The minimum Gasteiger partial charge on any atom is -0.459 e. The number of allylic oxidation sites excluding steroid dienone is 1. The fourth-order valence-corrected chi connectivity index (χ4v) is 7.97. The predicted octanol–water partition coefficient (Wildman–Crippen LogP) is 6.35. The lowest BCUT2D eigenvalue weighted by atomic mass is 9.55. The van der Waals surface area contributed by atoms with Crippen LogP contribution in [-0.4, -0.2) is 84.8 Å². The second-order valence-electron chi connectivity index (χ2n) is 12.9. The number of carbonyl (C=O) groups excluding carboxylic acids is 1. The number of benzene rings is 2. The highest BCUT2D eigenvalue weighted by molar-refractivity contribution is 6.02. The first-order chi connectivity index (χ1) is 24.2. The van der Waals surface area contributed by atoms with Crippen LogP contribution in [0.3, 0.4) is 0 Å². The van der Waals surface area contributed by atoms with Crippen LogP contribution in [-0.2, 0) is 14.3 Å². The van der Waals surface area contributed by atoms with Crippen molar-refractivity contribution in [3.05, 3.63) is 82.4 Å². The Balaban J connectivity index is 1.74. The number of hydrogen-bond donors (Lipinski definition) is 2. The Bertz CT molecular complexity index is 1590. The molecule has 3 aliphatic rings. The SMILES string of the molecule is C=CCO[C@@]12Oc3ccc(Oc4cccc([N+](=O)[O-])c4)cc3[C@H]3[C@H](CCCCO)[C@@H](CCCCO)C=C(C(=NOC)C[C@@H]1N(C)C(=O)OC)[C@H]32. The van der Waals surface area contributed by atoms with E-state index in [9.17, 15) is 25.1 Å². The van der Waals surface area contributed by atoms with Crippen molar-refractivity contribution >= 4 is 17.5 Å². The van der Waals surface area contributed by atoms with Gasteiger partial charge < -0.3 is 38.9 Å². The first-order valence-corrected chi connectivity index (χ1v) is 17.1. The van der Waals surface area contributed by atoms with E-state index in [2.05, 4.69) is 17.8 Å². The van der Waals surface area contributed by atoms with Crippen LogP contribution in [0.1, 0.15) is 56.4 Å². The number of aliphatic hydroxyl groups is 2. The molecule has 1 fully saturated rings. The molecule has 2 aromatic carbocycles. The number of likely N-dealkylation sites (N-methyl/N-ethyl adjacent to an activating group) is 1. The second-order valence-corrected chi connectivity index (χ2v) is 12.9. The molecule has 1 aliphatic heterocycles. The van der Waals surface area contributed by atoms with Crippen molar-refractivity contribution in [2.45, 2.75) is 62.7 Å². The molecule has 1 saturated carbocycles. The molecule has 13 nitrogen and oxygen atoms in total. The normalized spacial score (nSPS) is 25.7. The number of non-ortho nitro benzene ring substituents is 1. The summed E-state index contributed by atoms with van der Waals surface area (Å²) >= 11 is 0. The maximum atomic E-state index is 13.2. The maximum Gasteiger partial charge on any atom is 0.409 e. The van der Waals surface area contributed by atoms with Gasteiger partial charge in [0, 0.05) is 44.2 Å². The summed E-state index contributed by atoms with van der Waals surface area (Å²) in [4.78, 5) is 31.0. The van der Waals surface area contributed by atoms with Gasteiger partial charge in [-0.3, -0.25) is 10.1 Å². The van der Waals surface area contributed by atoms with Gasteiger partial charge in [0.1, 0.15) is 30.4 Å². The predicted molar refractivity (Wildman–Crippen MR) is 185 cm³/mol. The van der Waals surface area contributed by atoms with Crippen molar-refractivity contribution in [3.8, 4) is 17.2 Å². The maximum absolute atomic E-state index is 13.2. The number of fused-ring (bicyclic) bond motifs is 2. The zero-order valence-electron chi connectivity index (χ0n) is 28.9. The summed E-state index contributed by atoms with van der Waals surface area (Å²) in [6.45, 7) is 4.20. The first-order valence-electron chi connectivity index (χ1n) is 17.1. The van der Waals surface area contributed by atoms with E-state index >= 15 is 0 Å². The number of nitro benzene ring substituents is 1. The van der Waals surface area contributed by atoms with Crippen LogP contribution in [0.25, 0.3) is 0 Å². The number of nitrogens with zero attached hydrogens (tertiary/aromatic N) is 3. The fourth-order valence-electron chi connectivity index (χ4n) is 7.97. The lowest BCUT2D eigenvalue weighted by Gasteiger charge is -2.59. The molecule has 1 amide bonds. The Labute approximate surface area is 292 Å². The average molecular weight is 694 g/mol. The number of amides is 1. The summed E-state index contributed by atoms with van der Waals surface area (Å²) < 4.78 is 25.1. The van der Waals surface area contributed by atoms with Crippen molar-refractivity contribution in [2.75, 3.05) is 41.1 Å². The molecule has 5 rings (SSSR count). The molecule has 13 heteroatoms. The lowest BCUT2D eigenvalue weighted by Crippen LogP contribution is -2.69. The Morgan fingerprint density at radius 1 is 1.12 bits per heavy atom. The quantitative estimate of drug-likeness (QED) is 0.0877.